The van der Waals surface area contributed by atoms with E-state index in [1.54, 1.807) is 6.07 Å². The second-order valence-electron chi connectivity index (χ2n) is 3.41. The van der Waals surface area contributed by atoms with E-state index < -0.39 is 5.97 Å². The van der Waals surface area contributed by atoms with Gasteiger partial charge in [-0.05, 0) is 24.4 Å². The van der Waals surface area contributed by atoms with Gasteiger partial charge in [0, 0.05) is 0 Å². The van der Waals surface area contributed by atoms with Crippen LogP contribution < -0.4 is 10.6 Å². The molecule has 6 nitrogen and oxygen atoms in total. The van der Waals surface area contributed by atoms with Crippen molar-refractivity contribution in [2.45, 2.75) is 0 Å². The molecule has 0 atom stereocenters. The topological polar surface area (TPSA) is 76.4 Å². The number of carbonyl (C=O) groups is 1. The predicted molar refractivity (Wildman–Crippen MR) is 70.2 cm³/mol. The lowest BCUT2D eigenvalue weighted by Gasteiger charge is -2.06. The van der Waals surface area contributed by atoms with Crippen molar-refractivity contribution >= 4 is 40.1 Å². The highest BCUT2D eigenvalue weighted by Crippen LogP contribution is 2.21. The first-order valence-electron chi connectivity index (χ1n) is 5.17. The summed E-state index contributed by atoms with van der Waals surface area (Å²) in [6.45, 7) is -0.00187. The number of methoxy groups -OCH3 is 1. The summed E-state index contributed by atoms with van der Waals surface area (Å²) in [5.74, 6) is 0.108. The Hall–Kier alpha value is -2.15. The third-order valence-electron chi connectivity index (χ3n) is 2.23. The molecule has 0 radical (unpaired) electrons. The van der Waals surface area contributed by atoms with Crippen LogP contribution in [-0.2, 0) is 9.53 Å². The van der Waals surface area contributed by atoms with E-state index in [2.05, 4.69) is 20.5 Å². The third kappa shape index (κ3) is 2.75. The number of ether oxygens (including phenoxy) is 1. The van der Waals surface area contributed by atoms with Crippen molar-refractivity contribution in [1.29, 1.82) is 0 Å². The maximum absolute atomic E-state index is 10.9. The molecule has 0 saturated carbocycles. The number of esters is 1. The highest BCUT2D eigenvalue weighted by Gasteiger charge is 2.09. The molecule has 0 amide bonds. The number of aromatic nitrogens is 1. The number of carbonyl (C=O) groups excluding carboxylic acids is 1. The molecular formula is C11H11N3O3S. The standard InChI is InChI=1S/C11H11N3O3S/c1-16-9(15)6-12-11(18)13-10-7-4-2-3-5-8(7)17-14-10/h2-5H,6H2,1H3,(H2,12,13,14,18). The molecule has 1 aromatic carbocycles. The molecule has 7 heteroatoms. The Morgan fingerprint density at radius 3 is 3.06 bits per heavy atom. The quantitative estimate of drug-likeness (QED) is 0.639. The molecule has 0 saturated heterocycles. The zero-order chi connectivity index (χ0) is 13.0. The zero-order valence-electron chi connectivity index (χ0n) is 9.60. The normalized spacial score (nSPS) is 10.1. The van der Waals surface area contributed by atoms with Crippen LogP contribution in [0.1, 0.15) is 0 Å². The number of thiocarbonyl (C=S) groups is 1. The highest BCUT2D eigenvalue weighted by molar-refractivity contribution is 7.80. The third-order valence-corrected chi connectivity index (χ3v) is 2.48. The molecule has 0 spiro atoms. The largest absolute Gasteiger partial charge is 0.468 e. The van der Waals surface area contributed by atoms with Gasteiger partial charge >= 0.3 is 5.97 Å². The average molecular weight is 265 g/mol. The Kier molecular flexibility index (Phi) is 3.73. The van der Waals surface area contributed by atoms with Gasteiger partial charge in [0.2, 0.25) is 0 Å². The summed E-state index contributed by atoms with van der Waals surface area (Å²) in [5, 5.41) is 10.5. The lowest BCUT2D eigenvalue weighted by atomic mass is 10.2. The monoisotopic (exact) mass is 265 g/mol. The molecule has 2 N–H and O–H groups in total. The summed E-state index contributed by atoms with van der Waals surface area (Å²) in [7, 11) is 1.31. The van der Waals surface area contributed by atoms with Crippen molar-refractivity contribution in [2.24, 2.45) is 0 Å². The van der Waals surface area contributed by atoms with Gasteiger partial charge in [0.15, 0.2) is 16.5 Å². The predicted octanol–water partition coefficient (Wildman–Crippen LogP) is 1.29. The zero-order valence-corrected chi connectivity index (χ0v) is 10.4. The van der Waals surface area contributed by atoms with E-state index in [9.17, 15) is 4.79 Å². The molecule has 18 heavy (non-hydrogen) atoms. The molecule has 1 aromatic heterocycles. The lowest BCUT2D eigenvalue weighted by Crippen LogP contribution is -2.33. The first kappa shape index (κ1) is 12.3. The molecule has 0 bridgehead atoms. The van der Waals surface area contributed by atoms with Crippen LogP contribution in [0.25, 0.3) is 11.0 Å². The molecular weight excluding hydrogens is 254 g/mol. The Bertz CT molecular complexity index is 582. The van der Waals surface area contributed by atoms with Gasteiger partial charge in [-0.1, -0.05) is 17.3 Å². The van der Waals surface area contributed by atoms with Crippen LogP contribution in [0.3, 0.4) is 0 Å². The van der Waals surface area contributed by atoms with Crippen LogP contribution >= 0.6 is 12.2 Å². The van der Waals surface area contributed by atoms with Crippen molar-refractivity contribution in [3.05, 3.63) is 24.3 Å². The van der Waals surface area contributed by atoms with Crippen LogP contribution in [-0.4, -0.2) is 29.9 Å². The van der Waals surface area contributed by atoms with Crippen LogP contribution in [0.15, 0.2) is 28.8 Å². The van der Waals surface area contributed by atoms with Crippen molar-refractivity contribution < 1.29 is 14.1 Å². The number of nitrogens with one attached hydrogen (secondary N) is 2. The maximum Gasteiger partial charge on any atom is 0.325 e. The molecule has 94 valence electrons. The fourth-order valence-electron chi connectivity index (χ4n) is 1.35. The van der Waals surface area contributed by atoms with E-state index in [4.69, 9.17) is 16.7 Å². The fraction of sp³-hybridized carbons (Fsp3) is 0.182. The van der Waals surface area contributed by atoms with Crippen molar-refractivity contribution in [2.75, 3.05) is 19.0 Å². The average Bonchev–Trinajstić information content (AvgIpc) is 2.79. The number of anilines is 1. The molecule has 0 aliphatic heterocycles. The Morgan fingerprint density at radius 2 is 2.28 bits per heavy atom. The van der Waals surface area contributed by atoms with Gasteiger partial charge in [-0.2, -0.15) is 0 Å². The van der Waals surface area contributed by atoms with Crippen LogP contribution in [0.4, 0.5) is 5.82 Å². The van der Waals surface area contributed by atoms with Crippen molar-refractivity contribution in [1.82, 2.24) is 10.5 Å². The number of hydrogen-bond donors (Lipinski definition) is 2. The van der Waals surface area contributed by atoms with Crippen LogP contribution in [0.5, 0.6) is 0 Å². The van der Waals surface area contributed by atoms with Gasteiger partial charge < -0.3 is 19.9 Å². The second-order valence-corrected chi connectivity index (χ2v) is 3.82. The second kappa shape index (κ2) is 5.46. The summed E-state index contributed by atoms with van der Waals surface area (Å²) in [6.07, 6.45) is 0. The van der Waals surface area contributed by atoms with Gasteiger partial charge in [0.05, 0.1) is 12.5 Å². The summed E-state index contributed by atoms with van der Waals surface area (Å²) in [5.41, 5.74) is 0.663. The summed E-state index contributed by atoms with van der Waals surface area (Å²) >= 11 is 5.02. The van der Waals surface area contributed by atoms with E-state index in [0.29, 0.717) is 11.4 Å². The number of fused-ring (bicyclic) bond motifs is 1. The molecule has 0 fully saturated rings. The SMILES string of the molecule is COC(=O)CNC(=S)Nc1noc2ccccc12. The van der Waals surface area contributed by atoms with Gasteiger partial charge in [-0.3, -0.25) is 4.79 Å². The van der Waals surface area contributed by atoms with E-state index in [0.717, 1.165) is 5.39 Å². The van der Waals surface area contributed by atoms with E-state index in [-0.39, 0.29) is 11.7 Å². The molecule has 2 aromatic rings. The minimum absolute atomic E-state index is 0.00187. The number of nitrogens with zero attached hydrogens (tertiary/aromatic N) is 1. The first-order chi connectivity index (χ1) is 8.70. The summed E-state index contributed by atoms with van der Waals surface area (Å²) < 4.78 is 9.59. The molecule has 0 aliphatic carbocycles. The number of hydrogen-bond acceptors (Lipinski definition) is 5. The number of para-hydroxylation sites is 1. The molecule has 0 aliphatic rings. The number of benzene rings is 1. The first-order valence-corrected chi connectivity index (χ1v) is 5.57. The van der Waals surface area contributed by atoms with Crippen LogP contribution in [0, 0.1) is 0 Å². The lowest BCUT2D eigenvalue weighted by molar-refractivity contribution is -0.139. The van der Waals surface area contributed by atoms with Crippen molar-refractivity contribution in [3.8, 4) is 0 Å². The molecule has 0 unspecified atom stereocenters. The minimum atomic E-state index is -0.399. The molecule has 1 heterocycles. The minimum Gasteiger partial charge on any atom is -0.468 e. The van der Waals surface area contributed by atoms with Gasteiger partial charge in [-0.25, -0.2) is 0 Å². The van der Waals surface area contributed by atoms with Gasteiger partial charge in [-0.15, -0.1) is 0 Å². The summed E-state index contributed by atoms with van der Waals surface area (Å²) in [6, 6.07) is 7.39. The Labute approximate surface area is 108 Å². The highest BCUT2D eigenvalue weighted by atomic mass is 32.1. The maximum atomic E-state index is 10.9. The fourth-order valence-corrected chi connectivity index (χ4v) is 1.52. The van der Waals surface area contributed by atoms with E-state index in [1.807, 2.05) is 18.2 Å². The van der Waals surface area contributed by atoms with Gasteiger partial charge in [0.25, 0.3) is 0 Å². The Balaban J connectivity index is 2.01. The molecule has 2 rings (SSSR count). The summed E-state index contributed by atoms with van der Waals surface area (Å²) in [4.78, 5) is 10.9. The van der Waals surface area contributed by atoms with E-state index >= 15 is 0 Å². The van der Waals surface area contributed by atoms with Crippen LogP contribution in [0.2, 0.25) is 0 Å². The van der Waals surface area contributed by atoms with Crippen molar-refractivity contribution in [3.63, 3.8) is 0 Å². The van der Waals surface area contributed by atoms with E-state index in [1.165, 1.54) is 7.11 Å². The number of rotatable bonds is 3. The Morgan fingerprint density at radius 1 is 1.50 bits per heavy atom. The smallest absolute Gasteiger partial charge is 0.325 e. The van der Waals surface area contributed by atoms with Gasteiger partial charge in [0.1, 0.15) is 6.54 Å².